The predicted molar refractivity (Wildman–Crippen MR) is 81.4 cm³/mol. The van der Waals surface area contributed by atoms with Gasteiger partial charge < -0.3 is 15.5 Å². The minimum Gasteiger partial charge on any atom is -0.504 e. The van der Waals surface area contributed by atoms with Crippen LogP contribution in [0.2, 0.25) is 0 Å². The number of para-hydroxylation sites is 1. The second-order valence-corrected chi connectivity index (χ2v) is 6.30. The van der Waals surface area contributed by atoms with Gasteiger partial charge in [0.05, 0.1) is 11.1 Å². The van der Waals surface area contributed by atoms with Crippen LogP contribution in [-0.2, 0) is 0 Å². The molecule has 1 fully saturated rings. The first-order valence-electron chi connectivity index (χ1n) is 6.87. The van der Waals surface area contributed by atoms with Crippen molar-refractivity contribution in [1.82, 2.24) is 5.32 Å². The fourth-order valence-corrected chi connectivity index (χ4v) is 3.60. The molecular formula is C15H20BrNO3. The molecule has 1 aromatic rings. The summed E-state index contributed by atoms with van der Waals surface area (Å²) < 4.78 is 0. The van der Waals surface area contributed by atoms with E-state index in [1.54, 1.807) is 6.07 Å². The van der Waals surface area contributed by atoms with E-state index in [0.29, 0.717) is 11.2 Å². The Labute approximate surface area is 127 Å². The highest BCUT2D eigenvalue weighted by atomic mass is 79.9. The third-order valence-corrected chi connectivity index (χ3v) is 5.06. The van der Waals surface area contributed by atoms with Crippen molar-refractivity contribution in [2.45, 2.75) is 38.1 Å². The van der Waals surface area contributed by atoms with E-state index in [0.717, 1.165) is 19.3 Å². The van der Waals surface area contributed by atoms with Crippen molar-refractivity contribution < 1.29 is 15.0 Å². The van der Waals surface area contributed by atoms with E-state index in [1.807, 2.05) is 0 Å². The predicted octanol–water partition coefficient (Wildman–Crippen LogP) is 3.17. The van der Waals surface area contributed by atoms with Gasteiger partial charge in [-0.05, 0) is 30.9 Å². The van der Waals surface area contributed by atoms with Gasteiger partial charge in [0.15, 0.2) is 11.5 Å². The highest BCUT2D eigenvalue weighted by Gasteiger charge is 2.36. The molecule has 5 heteroatoms. The van der Waals surface area contributed by atoms with Gasteiger partial charge in [0.25, 0.3) is 5.91 Å². The molecule has 1 aromatic carbocycles. The van der Waals surface area contributed by atoms with Gasteiger partial charge in [-0.25, -0.2) is 0 Å². The van der Waals surface area contributed by atoms with Gasteiger partial charge in [-0.3, -0.25) is 4.79 Å². The van der Waals surface area contributed by atoms with Crippen LogP contribution in [0, 0.1) is 5.92 Å². The zero-order chi connectivity index (χ0) is 14.8. The Bertz CT molecular complexity index is 506. The first-order chi connectivity index (χ1) is 9.47. The number of alkyl halides is 1. The zero-order valence-corrected chi connectivity index (χ0v) is 13.1. The maximum atomic E-state index is 12.4. The summed E-state index contributed by atoms with van der Waals surface area (Å²) in [7, 11) is 0. The molecular weight excluding hydrogens is 322 g/mol. The van der Waals surface area contributed by atoms with Gasteiger partial charge in [0.1, 0.15) is 0 Å². The number of phenols is 2. The topological polar surface area (TPSA) is 69.6 Å². The average molecular weight is 342 g/mol. The van der Waals surface area contributed by atoms with E-state index in [9.17, 15) is 15.0 Å². The van der Waals surface area contributed by atoms with Crippen molar-refractivity contribution >= 4 is 21.8 Å². The van der Waals surface area contributed by atoms with E-state index in [1.165, 1.54) is 18.6 Å². The van der Waals surface area contributed by atoms with Crippen LogP contribution in [0.5, 0.6) is 11.5 Å². The molecule has 0 saturated heterocycles. The normalized spacial score (nSPS) is 26.2. The van der Waals surface area contributed by atoms with Crippen LogP contribution in [0.3, 0.4) is 0 Å². The van der Waals surface area contributed by atoms with E-state index < -0.39 is 0 Å². The molecule has 4 nitrogen and oxygen atoms in total. The Balaban J connectivity index is 2.19. The summed E-state index contributed by atoms with van der Waals surface area (Å²) in [6.07, 6.45) is 4.11. The molecule has 0 heterocycles. The largest absolute Gasteiger partial charge is 0.504 e. The number of amides is 1. The average Bonchev–Trinajstić information content (AvgIpc) is 2.41. The molecule has 0 radical (unpaired) electrons. The van der Waals surface area contributed by atoms with Crippen LogP contribution in [0.1, 0.15) is 43.0 Å². The SMILES string of the molecule is CC1CCCC(CBr)(NC(=O)c2cccc(O)c2O)C1. The van der Waals surface area contributed by atoms with E-state index in [-0.39, 0.29) is 28.5 Å². The molecule has 1 aliphatic rings. The molecule has 1 amide bonds. The molecule has 2 unspecified atom stereocenters. The van der Waals surface area contributed by atoms with Crippen molar-refractivity contribution in [2.24, 2.45) is 5.92 Å². The highest BCUT2D eigenvalue weighted by molar-refractivity contribution is 9.09. The quantitative estimate of drug-likeness (QED) is 0.584. The van der Waals surface area contributed by atoms with Crippen LogP contribution in [0.15, 0.2) is 18.2 Å². The lowest BCUT2D eigenvalue weighted by Crippen LogP contribution is -2.52. The Kier molecular flexibility index (Phi) is 4.58. The number of rotatable bonds is 3. The van der Waals surface area contributed by atoms with Crippen LogP contribution < -0.4 is 5.32 Å². The maximum Gasteiger partial charge on any atom is 0.255 e. The number of carbonyl (C=O) groups excluding carboxylic acids is 1. The Morgan fingerprint density at radius 3 is 2.90 bits per heavy atom. The second-order valence-electron chi connectivity index (χ2n) is 5.74. The lowest BCUT2D eigenvalue weighted by Gasteiger charge is -2.39. The fourth-order valence-electron chi connectivity index (χ4n) is 2.95. The molecule has 20 heavy (non-hydrogen) atoms. The smallest absolute Gasteiger partial charge is 0.255 e. The number of phenolic OH excluding ortho intramolecular Hbond substituents is 2. The summed E-state index contributed by atoms with van der Waals surface area (Å²) in [5.74, 6) is -0.410. The molecule has 0 bridgehead atoms. The fraction of sp³-hybridized carbons (Fsp3) is 0.533. The van der Waals surface area contributed by atoms with Gasteiger partial charge in [-0.15, -0.1) is 0 Å². The Hall–Kier alpha value is -1.23. The van der Waals surface area contributed by atoms with Crippen LogP contribution in [0.4, 0.5) is 0 Å². The lowest BCUT2D eigenvalue weighted by atomic mass is 9.77. The number of aromatic hydroxyl groups is 2. The third kappa shape index (κ3) is 3.08. The molecule has 2 rings (SSSR count). The zero-order valence-electron chi connectivity index (χ0n) is 11.5. The van der Waals surface area contributed by atoms with Crippen molar-refractivity contribution in [1.29, 1.82) is 0 Å². The summed E-state index contributed by atoms with van der Waals surface area (Å²) in [6, 6.07) is 4.42. The molecule has 110 valence electrons. The van der Waals surface area contributed by atoms with Crippen molar-refractivity contribution in [3.63, 3.8) is 0 Å². The van der Waals surface area contributed by atoms with E-state index in [2.05, 4.69) is 28.2 Å². The van der Waals surface area contributed by atoms with E-state index in [4.69, 9.17) is 0 Å². The molecule has 1 saturated carbocycles. The van der Waals surface area contributed by atoms with Crippen molar-refractivity contribution in [3.05, 3.63) is 23.8 Å². The number of hydrogen-bond acceptors (Lipinski definition) is 3. The molecule has 0 aromatic heterocycles. The van der Waals surface area contributed by atoms with Gasteiger partial charge >= 0.3 is 0 Å². The van der Waals surface area contributed by atoms with Crippen LogP contribution >= 0.6 is 15.9 Å². The van der Waals surface area contributed by atoms with E-state index >= 15 is 0 Å². The van der Waals surface area contributed by atoms with Gasteiger partial charge in [-0.1, -0.05) is 41.8 Å². The Morgan fingerprint density at radius 1 is 1.50 bits per heavy atom. The first kappa shape index (κ1) is 15.2. The lowest BCUT2D eigenvalue weighted by molar-refractivity contribution is 0.0866. The van der Waals surface area contributed by atoms with Gasteiger partial charge in [0.2, 0.25) is 0 Å². The maximum absolute atomic E-state index is 12.4. The first-order valence-corrected chi connectivity index (χ1v) is 7.99. The van der Waals surface area contributed by atoms with Gasteiger partial charge in [-0.2, -0.15) is 0 Å². The third-order valence-electron chi connectivity index (χ3n) is 3.99. The molecule has 3 N–H and O–H groups in total. The van der Waals surface area contributed by atoms with Crippen LogP contribution in [-0.4, -0.2) is 27.0 Å². The molecule has 0 aliphatic heterocycles. The highest BCUT2D eigenvalue weighted by Crippen LogP contribution is 2.35. The number of benzene rings is 1. The second kappa shape index (κ2) is 6.04. The number of hydrogen-bond donors (Lipinski definition) is 3. The molecule has 2 atom stereocenters. The minimum absolute atomic E-state index is 0.114. The summed E-state index contributed by atoms with van der Waals surface area (Å²) in [6.45, 7) is 2.19. The number of halogens is 1. The number of carbonyl (C=O) groups is 1. The number of nitrogens with one attached hydrogen (secondary N) is 1. The van der Waals surface area contributed by atoms with Crippen LogP contribution in [0.25, 0.3) is 0 Å². The summed E-state index contributed by atoms with van der Waals surface area (Å²) in [4.78, 5) is 12.4. The van der Waals surface area contributed by atoms with Crippen molar-refractivity contribution in [2.75, 3.05) is 5.33 Å². The summed E-state index contributed by atoms with van der Waals surface area (Å²) >= 11 is 3.50. The summed E-state index contributed by atoms with van der Waals surface area (Å²) in [5.41, 5.74) is -0.157. The van der Waals surface area contributed by atoms with Crippen molar-refractivity contribution in [3.8, 4) is 11.5 Å². The minimum atomic E-state index is -0.362. The summed E-state index contributed by atoms with van der Waals surface area (Å²) in [5, 5.41) is 23.0. The van der Waals surface area contributed by atoms with Gasteiger partial charge in [0, 0.05) is 5.33 Å². The Morgan fingerprint density at radius 2 is 2.25 bits per heavy atom. The molecule has 1 aliphatic carbocycles. The monoisotopic (exact) mass is 341 g/mol. The standard InChI is InChI=1S/C15H20BrNO3/c1-10-4-3-7-15(8-10,9-16)17-14(20)11-5-2-6-12(18)13(11)19/h2,5-6,10,18-19H,3-4,7-9H2,1H3,(H,17,20). The molecule has 0 spiro atoms.